The van der Waals surface area contributed by atoms with E-state index in [1.807, 2.05) is 23.9 Å². The van der Waals surface area contributed by atoms with Crippen molar-refractivity contribution in [2.45, 2.75) is 19.8 Å². The van der Waals surface area contributed by atoms with Crippen molar-refractivity contribution in [3.05, 3.63) is 29.5 Å². The zero-order chi connectivity index (χ0) is 12.6. The van der Waals surface area contributed by atoms with Crippen molar-refractivity contribution in [2.24, 2.45) is 7.05 Å². The van der Waals surface area contributed by atoms with Gasteiger partial charge < -0.3 is 9.30 Å². The van der Waals surface area contributed by atoms with Crippen LogP contribution in [0.5, 0.6) is 5.75 Å². The zero-order valence-corrected chi connectivity index (χ0v) is 10.7. The summed E-state index contributed by atoms with van der Waals surface area (Å²) in [6, 6.07) is 4.11. The number of hydrogen-bond acceptors (Lipinski definition) is 2. The molecular weight excluding hydrogens is 214 g/mol. The van der Waals surface area contributed by atoms with Crippen LogP contribution in [0.2, 0.25) is 0 Å². The summed E-state index contributed by atoms with van der Waals surface area (Å²) in [5, 5.41) is 0.913. The van der Waals surface area contributed by atoms with Crippen LogP contribution in [0, 0.1) is 0 Å². The lowest BCUT2D eigenvalue weighted by atomic mass is 9.99. The van der Waals surface area contributed by atoms with E-state index in [9.17, 15) is 4.79 Å². The van der Waals surface area contributed by atoms with Gasteiger partial charge in [-0.1, -0.05) is 19.9 Å². The third-order valence-electron chi connectivity index (χ3n) is 3.12. The Balaban J connectivity index is 2.88. The van der Waals surface area contributed by atoms with Crippen LogP contribution < -0.4 is 4.74 Å². The van der Waals surface area contributed by atoms with Crippen LogP contribution >= 0.6 is 0 Å². The predicted octanol–water partition coefficient (Wildman–Crippen LogP) is 3.12. The number of aromatic nitrogens is 1. The van der Waals surface area contributed by atoms with Crippen LogP contribution in [0.15, 0.2) is 18.3 Å². The molecule has 17 heavy (non-hydrogen) atoms. The third-order valence-corrected chi connectivity index (χ3v) is 3.12. The van der Waals surface area contributed by atoms with E-state index in [0.29, 0.717) is 11.5 Å². The van der Waals surface area contributed by atoms with E-state index in [2.05, 4.69) is 19.9 Å². The number of benzene rings is 1. The molecule has 2 aromatic rings. The van der Waals surface area contributed by atoms with Gasteiger partial charge in [-0.25, -0.2) is 0 Å². The lowest BCUT2D eigenvalue weighted by molar-refractivity contribution is 0.112. The predicted molar refractivity (Wildman–Crippen MR) is 68.9 cm³/mol. The summed E-state index contributed by atoms with van der Waals surface area (Å²) in [5.74, 6) is 1.19. The average molecular weight is 231 g/mol. The largest absolute Gasteiger partial charge is 0.496 e. The number of hydrogen-bond donors (Lipinski definition) is 0. The van der Waals surface area contributed by atoms with Crippen LogP contribution in [0.3, 0.4) is 0 Å². The Hall–Kier alpha value is -1.77. The Morgan fingerprint density at radius 2 is 2.06 bits per heavy atom. The minimum atomic E-state index is 0.369. The molecule has 0 bridgehead atoms. The molecule has 0 radical (unpaired) electrons. The number of carbonyl (C=O) groups excluding carboxylic acids is 1. The summed E-state index contributed by atoms with van der Waals surface area (Å²) in [6.45, 7) is 4.24. The Labute approximate surface area is 101 Å². The number of methoxy groups -OCH3 is 1. The Bertz CT molecular complexity index is 567. The molecule has 0 spiro atoms. The van der Waals surface area contributed by atoms with E-state index in [4.69, 9.17) is 4.74 Å². The third kappa shape index (κ3) is 1.71. The molecule has 90 valence electrons. The van der Waals surface area contributed by atoms with E-state index >= 15 is 0 Å². The number of rotatable bonds is 3. The molecule has 3 nitrogen and oxygen atoms in total. The van der Waals surface area contributed by atoms with E-state index in [-0.39, 0.29) is 0 Å². The number of carbonyl (C=O) groups is 1. The smallest absolute Gasteiger partial charge is 0.152 e. The molecule has 3 heteroatoms. The topological polar surface area (TPSA) is 31.2 Å². The van der Waals surface area contributed by atoms with Gasteiger partial charge in [0.25, 0.3) is 0 Å². The van der Waals surface area contributed by atoms with Crippen molar-refractivity contribution < 1.29 is 9.53 Å². The number of aryl methyl sites for hydroxylation is 1. The maximum Gasteiger partial charge on any atom is 0.152 e. The molecule has 0 N–H and O–H groups in total. The fraction of sp³-hybridized carbons (Fsp3) is 0.357. The monoisotopic (exact) mass is 231 g/mol. The molecule has 0 aliphatic heterocycles. The molecule has 0 amide bonds. The quantitative estimate of drug-likeness (QED) is 0.760. The first kappa shape index (κ1) is 11.7. The maximum atomic E-state index is 11.1. The number of aldehydes is 1. The van der Waals surface area contributed by atoms with Crippen molar-refractivity contribution in [1.29, 1.82) is 0 Å². The van der Waals surface area contributed by atoms with Gasteiger partial charge in [0.2, 0.25) is 0 Å². The second-order valence-corrected chi connectivity index (χ2v) is 4.55. The van der Waals surface area contributed by atoms with Crippen molar-refractivity contribution in [2.75, 3.05) is 7.11 Å². The summed E-state index contributed by atoms with van der Waals surface area (Å²) in [4.78, 5) is 11.1. The van der Waals surface area contributed by atoms with E-state index in [0.717, 1.165) is 28.5 Å². The van der Waals surface area contributed by atoms with Crippen LogP contribution in [0.25, 0.3) is 10.9 Å². The molecule has 0 saturated heterocycles. The van der Waals surface area contributed by atoms with E-state index < -0.39 is 0 Å². The van der Waals surface area contributed by atoms with Crippen molar-refractivity contribution in [3.8, 4) is 5.75 Å². The molecule has 0 atom stereocenters. The van der Waals surface area contributed by atoms with Crippen LogP contribution in [-0.4, -0.2) is 18.0 Å². The fourth-order valence-corrected chi connectivity index (χ4v) is 2.27. The zero-order valence-electron chi connectivity index (χ0n) is 10.7. The van der Waals surface area contributed by atoms with Gasteiger partial charge in [0, 0.05) is 18.8 Å². The van der Waals surface area contributed by atoms with Gasteiger partial charge in [-0.3, -0.25) is 4.79 Å². The molecule has 1 heterocycles. The average Bonchev–Trinajstić information content (AvgIpc) is 2.65. The highest BCUT2D eigenvalue weighted by Crippen LogP contribution is 2.36. The molecule has 0 unspecified atom stereocenters. The number of fused-ring (bicyclic) bond motifs is 1. The first-order valence-corrected chi connectivity index (χ1v) is 5.71. The van der Waals surface area contributed by atoms with Gasteiger partial charge in [0.1, 0.15) is 5.75 Å². The maximum absolute atomic E-state index is 11.1. The molecule has 0 aliphatic carbocycles. The molecule has 2 rings (SSSR count). The highest BCUT2D eigenvalue weighted by atomic mass is 16.5. The Morgan fingerprint density at radius 1 is 1.35 bits per heavy atom. The second-order valence-electron chi connectivity index (χ2n) is 4.55. The van der Waals surface area contributed by atoms with Gasteiger partial charge in [0.15, 0.2) is 6.29 Å². The van der Waals surface area contributed by atoms with Gasteiger partial charge in [-0.2, -0.15) is 0 Å². The minimum absolute atomic E-state index is 0.369. The standard InChI is InChI=1S/C14H17NO2/c1-9(2)11-5-6-12-13(14(11)17-4)10(8-16)7-15(12)3/h5-9H,1-4H3. The molecule has 1 aromatic carbocycles. The number of nitrogens with zero attached hydrogens (tertiary/aromatic N) is 1. The summed E-state index contributed by atoms with van der Waals surface area (Å²) < 4.78 is 7.45. The fourth-order valence-electron chi connectivity index (χ4n) is 2.27. The van der Waals surface area contributed by atoms with Crippen molar-refractivity contribution in [1.82, 2.24) is 4.57 Å². The first-order valence-electron chi connectivity index (χ1n) is 5.71. The Morgan fingerprint density at radius 3 is 2.59 bits per heavy atom. The molecule has 0 saturated carbocycles. The lowest BCUT2D eigenvalue weighted by Crippen LogP contribution is -1.96. The highest BCUT2D eigenvalue weighted by molar-refractivity contribution is 6.02. The molecule has 0 aliphatic rings. The van der Waals surface area contributed by atoms with Crippen LogP contribution in [0.4, 0.5) is 0 Å². The minimum Gasteiger partial charge on any atom is -0.496 e. The SMILES string of the molecule is COc1c(C(C)C)ccc2c1c(C=O)cn2C. The normalized spacial score (nSPS) is 11.1. The van der Waals surface area contributed by atoms with E-state index in [1.165, 1.54) is 0 Å². The molecular formula is C14H17NO2. The molecule has 0 fully saturated rings. The van der Waals surface area contributed by atoms with Crippen LogP contribution in [0.1, 0.15) is 35.7 Å². The second kappa shape index (κ2) is 4.24. The highest BCUT2D eigenvalue weighted by Gasteiger charge is 2.16. The van der Waals surface area contributed by atoms with Gasteiger partial charge in [-0.15, -0.1) is 0 Å². The summed E-state index contributed by atoms with van der Waals surface area (Å²) >= 11 is 0. The van der Waals surface area contributed by atoms with Gasteiger partial charge in [-0.05, 0) is 17.5 Å². The first-order chi connectivity index (χ1) is 8.10. The number of ether oxygens (including phenoxy) is 1. The van der Waals surface area contributed by atoms with Crippen molar-refractivity contribution in [3.63, 3.8) is 0 Å². The summed E-state index contributed by atoms with van der Waals surface area (Å²) in [5.41, 5.74) is 2.84. The van der Waals surface area contributed by atoms with Crippen molar-refractivity contribution >= 4 is 17.2 Å². The molecule has 1 aromatic heterocycles. The van der Waals surface area contributed by atoms with Gasteiger partial charge >= 0.3 is 0 Å². The van der Waals surface area contributed by atoms with Crippen LogP contribution in [-0.2, 0) is 7.05 Å². The summed E-state index contributed by atoms with van der Waals surface area (Å²) in [7, 11) is 3.59. The summed E-state index contributed by atoms with van der Waals surface area (Å²) in [6.07, 6.45) is 2.72. The Kier molecular flexibility index (Phi) is 2.92. The van der Waals surface area contributed by atoms with Gasteiger partial charge in [0.05, 0.1) is 18.0 Å². The lowest BCUT2D eigenvalue weighted by Gasteiger charge is -2.13. The van der Waals surface area contributed by atoms with E-state index in [1.54, 1.807) is 7.11 Å².